The van der Waals surface area contributed by atoms with Crippen molar-refractivity contribution in [3.63, 3.8) is 0 Å². The van der Waals surface area contributed by atoms with Gasteiger partial charge in [0.05, 0.1) is 18.7 Å². The van der Waals surface area contributed by atoms with Crippen LogP contribution in [0.25, 0.3) is 0 Å². The van der Waals surface area contributed by atoms with Crippen LogP contribution >= 0.6 is 12.4 Å². The second-order valence-electron chi connectivity index (χ2n) is 8.00. The molecule has 1 atom stereocenters. The minimum absolute atomic E-state index is 0. The normalized spacial score (nSPS) is 20.0. The predicted octanol–water partition coefficient (Wildman–Crippen LogP) is 2.43. The third-order valence-electron chi connectivity index (χ3n) is 5.90. The predicted molar refractivity (Wildman–Crippen MR) is 119 cm³/mol. The smallest absolute Gasteiger partial charge is 0.234 e. The number of ether oxygens (including phenoxy) is 1. The first-order valence-electron chi connectivity index (χ1n) is 10.6. The molecular weight excluding hydrogens is 402 g/mol. The molecule has 2 aliphatic rings. The molecule has 1 saturated heterocycles. The molecule has 1 amide bonds. The van der Waals surface area contributed by atoms with Crippen molar-refractivity contribution in [3.05, 3.63) is 48.0 Å². The number of benzene rings is 1. The number of hydrogen-bond acceptors (Lipinski definition) is 5. The maximum absolute atomic E-state index is 12.7. The summed E-state index contributed by atoms with van der Waals surface area (Å²) in [6.45, 7) is 3.36. The van der Waals surface area contributed by atoms with Gasteiger partial charge in [0.25, 0.3) is 0 Å². The summed E-state index contributed by atoms with van der Waals surface area (Å²) in [4.78, 5) is 19.4. The molecule has 164 valence electrons. The van der Waals surface area contributed by atoms with Crippen LogP contribution in [0, 0.1) is 0 Å². The summed E-state index contributed by atoms with van der Waals surface area (Å²) < 4.78 is 8.21. The van der Waals surface area contributed by atoms with Gasteiger partial charge in [-0.25, -0.2) is 4.98 Å². The van der Waals surface area contributed by atoms with E-state index >= 15 is 0 Å². The van der Waals surface area contributed by atoms with Crippen LogP contribution in [0.3, 0.4) is 0 Å². The van der Waals surface area contributed by atoms with Gasteiger partial charge in [-0.3, -0.25) is 9.69 Å². The lowest BCUT2D eigenvalue weighted by Gasteiger charge is -2.35. The minimum atomic E-state index is 0. The molecule has 0 bridgehead atoms. The molecule has 1 aromatic heterocycles. The average Bonchev–Trinajstić information content (AvgIpc) is 3.39. The third-order valence-corrected chi connectivity index (χ3v) is 5.90. The maximum atomic E-state index is 12.7. The first-order chi connectivity index (χ1) is 14.2. The molecule has 1 aliphatic heterocycles. The fourth-order valence-electron chi connectivity index (χ4n) is 4.27. The summed E-state index contributed by atoms with van der Waals surface area (Å²) in [5.41, 5.74) is 1.04. The van der Waals surface area contributed by atoms with Crippen LogP contribution in [-0.2, 0) is 18.4 Å². The Balaban J connectivity index is 0.00000256. The summed E-state index contributed by atoms with van der Waals surface area (Å²) in [5, 5.41) is 6.49. The quantitative estimate of drug-likeness (QED) is 0.701. The van der Waals surface area contributed by atoms with E-state index in [0.29, 0.717) is 19.2 Å². The van der Waals surface area contributed by atoms with Gasteiger partial charge in [-0.05, 0) is 31.7 Å². The Hall–Kier alpha value is -2.09. The number of carbonyl (C=O) groups excluding carboxylic acids is 1. The number of rotatable bonds is 7. The summed E-state index contributed by atoms with van der Waals surface area (Å²) in [6.07, 6.45) is 8.80. The summed E-state index contributed by atoms with van der Waals surface area (Å²) in [5.74, 6) is 1.91. The molecule has 0 spiro atoms. The van der Waals surface area contributed by atoms with Crippen LogP contribution in [0.5, 0.6) is 5.75 Å². The van der Waals surface area contributed by atoms with Crippen LogP contribution < -0.4 is 15.4 Å². The van der Waals surface area contributed by atoms with Crippen molar-refractivity contribution in [3.8, 4) is 5.75 Å². The molecule has 1 aliphatic carbocycles. The van der Waals surface area contributed by atoms with Crippen LogP contribution in [-0.4, -0.2) is 52.6 Å². The van der Waals surface area contributed by atoms with E-state index in [1.54, 1.807) is 0 Å². The van der Waals surface area contributed by atoms with Crippen molar-refractivity contribution in [1.29, 1.82) is 0 Å². The van der Waals surface area contributed by atoms with Crippen LogP contribution in [0.1, 0.15) is 43.1 Å². The Kier molecular flexibility index (Phi) is 8.13. The highest BCUT2D eigenvalue weighted by atomic mass is 35.5. The van der Waals surface area contributed by atoms with Gasteiger partial charge in [-0.2, -0.15) is 0 Å². The fraction of sp³-hybridized carbons (Fsp3) is 0.545. The average molecular weight is 434 g/mol. The molecule has 8 heteroatoms. The lowest BCUT2D eigenvalue weighted by molar-refractivity contribution is -0.123. The van der Waals surface area contributed by atoms with Gasteiger partial charge in [0.15, 0.2) is 0 Å². The monoisotopic (exact) mass is 433 g/mol. The lowest BCUT2D eigenvalue weighted by Crippen LogP contribution is -2.50. The summed E-state index contributed by atoms with van der Waals surface area (Å²) in [6, 6.07) is 8.14. The van der Waals surface area contributed by atoms with Crippen molar-refractivity contribution in [1.82, 2.24) is 25.1 Å². The van der Waals surface area contributed by atoms with Gasteiger partial charge >= 0.3 is 0 Å². The second kappa shape index (κ2) is 10.8. The van der Waals surface area contributed by atoms with Gasteiger partial charge in [-0.15, -0.1) is 12.4 Å². The number of aryl methyl sites for hydroxylation is 1. The van der Waals surface area contributed by atoms with Gasteiger partial charge < -0.3 is 19.9 Å². The highest BCUT2D eigenvalue weighted by Gasteiger charge is 2.28. The van der Waals surface area contributed by atoms with Crippen molar-refractivity contribution >= 4 is 18.3 Å². The number of amides is 1. The molecule has 7 nitrogen and oxygen atoms in total. The topological polar surface area (TPSA) is 71.4 Å². The Bertz CT molecular complexity index is 821. The van der Waals surface area contributed by atoms with E-state index in [0.717, 1.165) is 49.6 Å². The Morgan fingerprint density at radius 1 is 1.30 bits per heavy atom. The number of nitrogens with zero attached hydrogens (tertiary/aromatic N) is 3. The molecule has 2 fully saturated rings. The summed E-state index contributed by atoms with van der Waals surface area (Å²) >= 11 is 0. The molecular formula is C22H32ClN5O2. The Labute approximate surface area is 184 Å². The molecule has 0 radical (unpaired) electrons. The number of piperazine rings is 1. The van der Waals surface area contributed by atoms with Crippen molar-refractivity contribution in [2.45, 2.75) is 44.4 Å². The zero-order valence-electron chi connectivity index (χ0n) is 17.5. The Morgan fingerprint density at radius 2 is 2.10 bits per heavy atom. The van der Waals surface area contributed by atoms with E-state index in [2.05, 4.69) is 20.5 Å². The van der Waals surface area contributed by atoms with E-state index in [-0.39, 0.29) is 24.4 Å². The fourth-order valence-corrected chi connectivity index (χ4v) is 4.27. The molecule has 30 heavy (non-hydrogen) atoms. The van der Waals surface area contributed by atoms with Crippen LogP contribution in [0.15, 0.2) is 36.7 Å². The molecule has 1 aromatic carbocycles. The van der Waals surface area contributed by atoms with Crippen LogP contribution in [0.2, 0.25) is 0 Å². The zero-order chi connectivity index (χ0) is 20.1. The molecule has 1 unspecified atom stereocenters. The molecule has 2 aromatic rings. The number of imidazole rings is 1. The van der Waals surface area contributed by atoms with Gasteiger partial charge in [0, 0.05) is 51.2 Å². The van der Waals surface area contributed by atoms with Gasteiger partial charge in [0.1, 0.15) is 11.6 Å². The largest absolute Gasteiger partial charge is 0.490 e. The maximum Gasteiger partial charge on any atom is 0.234 e. The Morgan fingerprint density at radius 3 is 2.87 bits per heavy atom. The minimum Gasteiger partial charge on any atom is -0.490 e. The number of aromatic nitrogens is 2. The number of carbonyl (C=O) groups is 1. The SMILES string of the molecule is Cl.Cn1ccnc1C1CNCCN1CC(=O)NCc1ccccc1OC1CCCC1. The van der Waals surface area contributed by atoms with E-state index in [1.165, 1.54) is 12.8 Å². The standard InChI is InChI=1S/C22H31N5O2.ClH/c1-26-12-11-24-22(26)19-15-23-10-13-27(19)16-21(28)25-14-17-6-2-5-9-20(17)29-18-7-3-4-8-18;/h2,5-6,9,11-12,18-19,23H,3-4,7-8,10,13-16H2,1H3,(H,25,28);1H. The first kappa shape index (κ1) is 22.6. The number of nitrogens with one attached hydrogen (secondary N) is 2. The molecule has 2 heterocycles. The zero-order valence-corrected chi connectivity index (χ0v) is 18.4. The van der Waals surface area contributed by atoms with Crippen LogP contribution in [0.4, 0.5) is 0 Å². The summed E-state index contributed by atoms with van der Waals surface area (Å²) in [7, 11) is 2.00. The van der Waals surface area contributed by atoms with Crippen molar-refractivity contribution in [2.75, 3.05) is 26.2 Å². The first-order valence-corrected chi connectivity index (χ1v) is 10.6. The van der Waals surface area contributed by atoms with Crippen molar-refractivity contribution in [2.24, 2.45) is 7.05 Å². The molecule has 1 saturated carbocycles. The number of hydrogen-bond donors (Lipinski definition) is 2. The number of para-hydroxylation sites is 1. The highest BCUT2D eigenvalue weighted by Crippen LogP contribution is 2.26. The van der Waals surface area contributed by atoms with E-state index in [9.17, 15) is 4.79 Å². The molecule has 4 rings (SSSR count). The van der Waals surface area contributed by atoms with E-state index in [4.69, 9.17) is 4.74 Å². The van der Waals surface area contributed by atoms with Gasteiger partial charge in [0.2, 0.25) is 5.91 Å². The van der Waals surface area contributed by atoms with Crippen molar-refractivity contribution < 1.29 is 9.53 Å². The third kappa shape index (κ3) is 5.53. The lowest BCUT2D eigenvalue weighted by atomic mass is 10.1. The number of halogens is 1. The molecule has 2 N–H and O–H groups in total. The van der Waals surface area contributed by atoms with E-state index < -0.39 is 0 Å². The van der Waals surface area contributed by atoms with Gasteiger partial charge in [-0.1, -0.05) is 18.2 Å². The highest BCUT2D eigenvalue weighted by molar-refractivity contribution is 5.85. The van der Waals surface area contributed by atoms with E-state index in [1.807, 2.05) is 48.3 Å². The second-order valence-corrected chi connectivity index (χ2v) is 8.00.